The minimum atomic E-state index is -4.83. The fourth-order valence-corrected chi connectivity index (χ4v) is 5.68. The van der Waals surface area contributed by atoms with Gasteiger partial charge in [-0.15, -0.1) is 0 Å². The highest BCUT2D eigenvalue weighted by molar-refractivity contribution is 7.92. The number of fused-ring (bicyclic) bond motifs is 6. The predicted octanol–water partition coefficient (Wildman–Crippen LogP) is 7.43. The Morgan fingerprint density at radius 3 is 2.50 bits per heavy atom. The number of Topliss-reactive ketones (excluding diaryl/α,β-unsaturated/α-hetero) is 1. The first kappa shape index (κ1) is 27.4. The van der Waals surface area contributed by atoms with Gasteiger partial charge in [0, 0.05) is 29.2 Å². The smallest absolute Gasteiger partial charge is 0.357 e. The first-order valence-electron chi connectivity index (χ1n) is 15.7. The number of carbonyl (C=O) groups is 1. The summed E-state index contributed by atoms with van der Waals surface area (Å²) in [6.45, 7) is 0.978. The van der Waals surface area contributed by atoms with Gasteiger partial charge in [0.15, 0.2) is 5.03 Å². The van der Waals surface area contributed by atoms with Gasteiger partial charge in [-0.25, -0.2) is 9.97 Å². The Bertz CT molecular complexity index is 1590. The summed E-state index contributed by atoms with van der Waals surface area (Å²) in [5.41, 5.74) is -1.45. The number of halogens is 3. The lowest BCUT2D eigenvalue weighted by Gasteiger charge is -2.24. The molecule has 7 nitrogen and oxygen atoms in total. The lowest BCUT2D eigenvalue weighted by molar-refractivity contribution is -0.137. The van der Waals surface area contributed by atoms with Gasteiger partial charge < -0.3 is 9.69 Å². The van der Waals surface area contributed by atoms with E-state index in [0.29, 0.717) is 25.8 Å². The van der Waals surface area contributed by atoms with Crippen molar-refractivity contribution in [3.63, 3.8) is 0 Å². The third-order valence-corrected chi connectivity index (χ3v) is 8.10. The van der Waals surface area contributed by atoms with Gasteiger partial charge >= 0.3 is 6.18 Å². The Hall–Kier alpha value is -3.47. The molecule has 3 aromatic rings. The minimum absolute atomic E-state index is 0.000314. The topological polar surface area (TPSA) is 92.3 Å². The molecule has 42 heavy (non-hydrogen) atoms. The van der Waals surface area contributed by atoms with Crippen LogP contribution in [0.25, 0.3) is 11.3 Å². The van der Waals surface area contributed by atoms with E-state index in [-0.39, 0.29) is 41.4 Å². The largest absolute Gasteiger partial charge is 0.418 e. The molecule has 226 valence electrons. The highest BCUT2D eigenvalue weighted by Crippen LogP contribution is 2.38. The Balaban J connectivity index is 1.80. The third kappa shape index (κ3) is 8.53. The molecule has 3 unspecified atom stereocenters. The summed E-state index contributed by atoms with van der Waals surface area (Å²) >= 11 is 0. The minimum Gasteiger partial charge on any atom is -0.357 e. The van der Waals surface area contributed by atoms with Crippen LogP contribution < -0.4 is 9.62 Å². The Morgan fingerprint density at radius 1 is 1.00 bits per heavy atom. The summed E-state index contributed by atoms with van der Waals surface area (Å²) in [7, 11) is -4.44. The van der Waals surface area contributed by atoms with Gasteiger partial charge in [0.05, 0.1) is 11.3 Å². The van der Waals surface area contributed by atoms with Gasteiger partial charge in [-0.3, -0.25) is 4.72 Å². The molecule has 0 saturated heterocycles. The number of ketones is 1. The summed E-state index contributed by atoms with van der Waals surface area (Å²) in [5, 5.41) is -0.412. The Labute approximate surface area is 249 Å². The number of carbonyl (C=O) groups excluding carboxylic acids is 1. The number of hydrogen-bond donors (Lipinski definition) is 1. The average molecular weight is 606 g/mol. The first-order chi connectivity index (χ1) is 21.3. The molecule has 0 spiro atoms. The standard InChI is InChI=1S/C31H37F3N4O3S/c1-23(39)13-12-22-38-21-10-6-4-2-3-5-7-14-24-15-8-9-16-25(24)30-26(31(32,33)34)19-20-27(35-30)37-42(40,41)29-18-11-17-28(38)36-29/h8-9,11,15-20H,2-7,10,12-14,21-22H2,1H3,(H,35,37)/i7D,14D,22D. The zero-order valence-corrected chi connectivity index (χ0v) is 24.2. The number of sulfonamides is 1. The highest BCUT2D eigenvalue weighted by Gasteiger charge is 2.35. The maximum atomic E-state index is 14.2. The number of pyridine rings is 2. The zero-order chi connectivity index (χ0) is 32.8. The number of aryl methyl sites for hydroxylation is 1. The molecule has 0 radical (unpaired) electrons. The van der Waals surface area contributed by atoms with Crippen molar-refractivity contribution in [2.45, 2.75) is 82.3 Å². The van der Waals surface area contributed by atoms with Crippen molar-refractivity contribution in [1.82, 2.24) is 9.97 Å². The summed E-state index contributed by atoms with van der Waals surface area (Å²) in [5.74, 6) is -0.220. The van der Waals surface area contributed by atoms with E-state index in [2.05, 4.69) is 14.7 Å². The maximum Gasteiger partial charge on any atom is 0.418 e. The molecule has 4 bridgehead atoms. The molecule has 3 heterocycles. The second-order valence-corrected chi connectivity index (χ2v) is 11.8. The van der Waals surface area contributed by atoms with Crippen LogP contribution in [0.15, 0.2) is 59.6 Å². The number of hydrogen-bond acceptors (Lipinski definition) is 6. The zero-order valence-electron chi connectivity index (χ0n) is 26.4. The summed E-state index contributed by atoms with van der Waals surface area (Å²) in [6.07, 6.45) is -2.32. The Morgan fingerprint density at radius 2 is 1.74 bits per heavy atom. The van der Waals surface area contributed by atoms with E-state index in [1.165, 1.54) is 37.3 Å². The number of anilines is 2. The third-order valence-electron chi connectivity index (χ3n) is 6.85. The van der Waals surface area contributed by atoms with Crippen LogP contribution in [-0.4, -0.2) is 37.2 Å². The first-order valence-corrected chi connectivity index (χ1v) is 15.5. The molecule has 1 N–H and O–H groups in total. The average Bonchev–Trinajstić information content (AvgIpc) is 2.99. The van der Waals surface area contributed by atoms with Crippen LogP contribution in [0.1, 0.15) is 79.9 Å². The van der Waals surface area contributed by atoms with E-state index in [1.807, 2.05) is 0 Å². The van der Waals surface area contributed by atoms with E-state index in [4.69, 9.17) is 4.11 Å². The molecule has 0 fully saturated rings. The van der Waals surface area contributed by atoms with Crippen molar-refractivity contribution < 1.29 is 30.5 Å². The molecule has 0 aliphatic carbocycles. The molecule has 11 heteroatoms. The summed E-state index contributed by atoms with van der Waals surface area (Å²) in [6, 6.07) is 12.0. The van der Waals surface area contributed by atoms with Gasteiger partial charge in [0.1, 0.15) is 17.4 Å². The van der Waals surface area contributed by atoms with E-state index < -0.39 is 51.8 Å². The second-order valence-electron chi connectivity index (χ2n) is 10.2. The quantitative estimate of drug-likeness (QED) is 0.333. The fraction of sp³-hybridized carbons (Fsp3) is 0.452. The number of nitrogens with one attached hydrogen (secondary N) is 1. The van der Waals surface area contributed by atoms with Crippen LogP contribution in [0.4, 0.5) is 24.8 Å². The van der Waals surface area contributed by atoms with Gasteiger partial charge in [-0.1, -0.05) is 62.4 Å². The van der Waals surface area contributed by atoms with Crippen molar-refractivity contribution >= 4 is 27.4 Å². The molecule has 0 amide bonds. The van der Waals surface area contributed by atoms with Crippen LogP contribution in [0.5, 0.6) is 0 Å². The predicted molar refractivity (Wildman–Crippen MR) is 158 cm³/mol. The van der Waals surface area contributed by atoms with Crippen LogP contribution in [0.2, 0.25) is 0 Å². The van der Waals surface area contributed by atoms with Crippen molar-refractivity contribution in [2.75, 3.05) is 22.7 Å². The molecule has 3 atom stereocenters. The molecule has 0 saturated carbocycles. The van der Waals surface area contributed by atoms with Crippen molar-refractivity contribution in [1.29, 1.82) is 0 Å². The monoisotopic (exact) mass is 605 g/mol. The van der Waals surface area contributed by atoms with E-state index >= 15 is 0 Å². The van der Waals surface area contributed by atoms with Crippen LogP contribution >= 0.6 is 0 Å². The summed E-state index contributed by atoms with van der Waals surface area (Å²) in [4.78, 5) is 21.6. The molecule has 2 aromatic heterocycles. The number of aromatic nitrogens is 2. The molecule has 1 aliphatic heterocycles. The highest BCUT2D eigenvalue weighted by atomic mass is 32.2. The van der Waals surface area contributed by atoms with Crippen LogP contribution in [0.3, 0.4) is 0 Å². The Kier molecular flexibility index (Phi) is 9.21. The second kappa shape index (κ2) is 14.1. The van der Waals surface area contributed by atoms with Gasteiger partial charge in [-0.2, -0.15) is 21.6 Å². The number of benzene rings is 1. The fourth-order valence-electron chi connectivity index (χ4n) is 4.72. The molecule has 1 aromatic carbocycles. The molecule has 4 rings (SSSR count). The molecule has 1 aliphatic rings. The van der Waals surface area contributed by atoms with E-state index in [1.54, 1.807) is 17.0 Å². The number of rotatable bonds is 4. The van der Waals surface area contributed by atoms with E-state index in [9.17, 15) is 26.4 Å². The normalized spacial score (nSPS) is 21.9. The van der Waals surface area contributed by atoms with Crippen molar-refractivity contribution in [3.05, 3.63) is 65.7 Å². The number of nitrogens with zero attached hydrogens (tertiary/aromatic N) is 3. The van der Waals surface area contributed by atoms with Crippen LogP contribution in [-0.2, 0) is 27.4 Å². The van der Waals surface area contributed by atoms with Crippen molar-refractivity contribution in [3.8, 4) is 11.3 Å². The number of alkyl halides is 3. The summed E-state index contributed by atoms with van der Waals surface area (Å²) < 4.78 is 97.8. The van der Waals surface area contributed by atoms with Gasteiger partial charge in [0.2, 0.25) is 0 Å². The molecular formula is C31H37F3N4O3S. The van der Waals surface area contributed by atoms with Gasteiger partial charge in [-0.05, 0) is 62.4 Å². The maximum absolute atomic E-state index is 14.2. The lowest BCUT2D eigenvalue weighted by Crippen LogP contribution is -2.28. The molecular weight excluding hydrogens is 565 g/mol. The van der Waals surface area contributed by atoms with E-state index in [0.717, 1.165) is 31.4 Å². The van der Waals surface area contributed by atoms with Crippen LogP contribution in [0, 0.1) is 0 Å². The SMILES string of the molecule is [2H]C1CCCCCCCN(C([2H])CCC(C)=O)c2cccc(n2)S(=O)(=O)Nc2ccc(C(F)(F)F)c(n2)-c2ccccc2C1[2H]. The van der Waals surface area contributed by atoms with Crippen molar-refractivity contribution in [2.24, 2.45) is 0 Å². The lowest BCUT2D eigenvalue weighted by atomic mass is 9.96. The van der Waals surface area contributed by atoms with Gasteiger partial charge in [0.25, 0.3) is 10.0 Å².